The number of anilines is 1. The normalized spacial score (nSPS) is 10.7. The molecule has 0 aliphatic carbocycles. The van der Waals surface area contributed by atoms with Crippen LogP contribution < -0.4 is 16.4 Å². The molecule has 1 aromatic carbocycles. The molecule has 2 rings (SSSR count). The standard InChI is InChI=1S/C16H22N4O2S/c1-3-5-10-23-11-14(21)18-19-16-17-13-9-7-6-8-12(13)15(22)20(16)4-2/h6-9H,3-5,10-11H2,1-2H3,(H,17,19)(H,18,21). The molecule has 0 atom stereocenters. The van der Waals surface area contributed by atoms with Crippen molar-refractivity contribution in [2.24, 2.45) is 0 Å². The molecule has 0 aliphatic rings. The van der Waals surface area contributed by atoms with Crippen molar-refractivity contribution in [2.75, 3.05) is 16.9 Å². The molecule has 2 aromatic rings. The van der Waals surface area contributed by atoms with E-state index in [2.05, 4.69) is 22.8 Å². The first kappa shape index (κ1) is 17.3. The molecule has 1 amide bonds. The van der Waals surface area contributed by atoms with Gasteiger partial charge in [0.05, 0.1) is 16.7 Å². The molecule has 0 aliphatic heterocycles. The van der Waals surface area contributed by atoms with Gasteiger partial charge in [-0.3, -0.25) is 25.0 Å². The molecule has 1 heterocycles. The van der Waals surface area contributed by atoms with Gasteiger partial charge in [-0.15, -0.1) is 0 Å². The van der Waals surface area contributed by atoms with E-state index in [9.17, 15) is 9.59 Å². The summed E-state index contributed by atoms with van der Waals surface area (Å²) in [6.07, 6.45) is 2.23. The fourth-order valence-corrected chi connectivity index (χ4v) is 3.02. The molecule has 0 spiro atoms. The second-order valence-electron chi connectivity index (χ2n) is 5.08. The summed E-state index contributed by atoms with van der Waals surface area (Å²) in [5, 5.41) is 0.571. The average Bonchev–Trinajstić information content (AvgIpc) is 2.57. The largest absolute Gasteiger partial charge is 0.277 e. The zero-order valence-electron chi connectivity index (χ0n) is 13.5. The summed E-state index contributed by atoms with van der Waals surface area (Å²) in [6, 6.07) is 7.18. The van der Waals surface area contributed by atoms with Crippen LogP contribution in [0, 0.1) is 0 Å². The van der Waals surface area contributed by atoms with Crippen LogP contribution in [0.3, 0.4) is 0 Å². The van der Waals surface area contributed by atoms with Crippen LogP contribution in [0.25, 0.3) is 10.9 Å². The number of fused-ring (bicyclic) bond motifs is 1. The third-order valence-corrected chi connectivity index (χ3v) is 4.41. The molecule has 0 radical (unpaired) electrons. The molecule has 6 nitrogen and oxygen atoms in total. The number of nitrogens with zero attached hydrogens (tertiary/aromatic N) is 2. The van der Waals surface area contributed by atoms with Gasteiger partial charge in [0.2, 0.25) is 11.9 Å². The number of benzene rings is 1. The topological polar surface area (TPSA) is 76.0 Å². The SMILES string of the molecule is CCCCSCC(=O)NNc1nc2ccccc2c(=O)n1CC. The Labute approximate surface area is 139 Å². The van der Waals surface area contributed by atoms with E-state index in [1.807, 2.05) is 19.1 Å². The molecule has 0 bridgehead atoms. The number of nitrogens with one attached hydrogen (secondary N) is 2. The molecule has 1 aromatic heterocycles. The Morgan fingerprint density at radius 2 is 2.09 bits per heavy atom. The Hall–Kier alpha value is -2.02. The number of para-hydroxylation sites is 1. The summed E-state index contributed by atoms with van der Waals surface area (Å²) in [5.74, 6) is 1.58. The van der Waals surface area contributed by atoms with Crippen molar-refractivity contribution < 1.29 is 4.79 Å². The Bertz CT molecular complexity index is 730. The van der Waals surface area contributed by atoms with Crippen LogP contribution in [0.1, 0.15) is 26.7 Å². The molecule has 0 unspecified atom stereocenters. The summed E-state index contributed by atoms with van der Waals surface area (Å²) >= 11 is 1.60. The Morgan fingerprint density at radius 1 is 1.30 bits per heavy atom. The molecule has 124 valence electrons. The van der Waals surface area contributed by atoms with Gasteiger partial charge >= 0.3 is 0 Å². The molecular weight excluding hydrogens is 312 g/mol. The first-order chi connectivity index (χ1) is 11.2. The minimum absolute atomic E-state index is 0.118. The van der Waals surface area contributed by atoms with Gasteiger partial charge < -0.3 is 0 Å². The molecule has 2 N–H and O–H groups in total. The number of carbonyl (C=O) groups is 1. The first-order valence-electron chi connectivity index (χ1n) is 7.79. The Balaban J connectivity index is 2.07. The number of hydrogen-bond acceptors (Lipinski definition) is 5. The molecule has 0 saturated heterocycles. The van der Waals surface area contributed by atoms with E-state index < -0.39 is 0 Å². The van der Waals surface area contributed by atoms with E-state index >= 15 is 0 Å². The first-order valence-corrected chi connectivity index (χ1v) is 8.95. The molecular formula is C16H22N4O2S. The summed E-state index contributed by atoms with van der Waals surface area (Å²) < 4.78 is 1.51. The average molecular weight is 334 g/mol. The highest BCUT2D eigenvalue weighted by Gasteiger charge is 2.10. The zero-order valence-corrected chi connectivity index (χ0v) is 14.3. The number of hydrogen-bond donors (Lipinski definition) is 2. The third-order valence-electron chi connectivity index (χ3n) is 3.37. The summed E-state index contributed by atoms with van der Waals surface area (Å²) in [4.78, 5) is 28.7. The highest BCUT2D eigenvalue weighted by molar-refractivity contribution is 7.99. The zero-order chi connectivity index (χ0) is 16.7. The number of carbonyl (C=O) groups excluding carboxylic acids is 1. The maximum Gasteiger partial charge on any atom is 0.262 e. The second-order valence-corrected chi connectivity index (χ2v) is 6.19. The molecule has 0 saturated carbocycles. The van der Waals surface area contributed by atoms with Crippen LogP contribution >= 0.6 is 11.8 Å². The highest BCUT2D eigenvalue weighted by atomic mass is 32.2. The van der Waals surface area contributed by atoms with Gasteiger partial charge in [0.25, 0.3) is 5.56 Å². The van der Waals surface area contributed by atoms with Crippen LogP contribution in [0.2, 0.25) is 0 Å². The Morgan fingerprint density at radius 3 is 2.83 bits per heavy atom. The summed E-state index contributed by atoms with van der Waals surface area (Å²) in [5.41, 5.74) is 5.88. The van der Waals surface area contributed by atoms with Gasteiger partial charge in [-0.1, -0.05) is 25.5 Å². The van der Waals surface area contributed by atoms with E-state index in [1.54, 1.807) is 23.9 Å². The van der Waals surface area contributed by atoms with E-state index in [0.29, 0.717) is 29.1 Å². The van der Waals surface area contributed by atoms with Crippen LogP contribution in [0.5, 0.6) is 0 Å². The number of hydrazine groups is 1. The smallest absolute Gasteiger partial charge is 0.262 e. The number of thioether (sulfide) groups is 1. The lowest BCUT2D eigenvalue weighted by Gasteiger charge is -2.13. The molecule has 7 heteroatoms. The van der Waals surface area contributed by atoms with Crippen molar-refractivity contribution in [3.05, 3.63) is 34.6 Å². The summed E-state index contributed by atoms with van der Waals surface area (Å²) in [7, 11) is 0. The quantitative estimate of drug-likeness (QED) is 0.573. The number of aromatic nitrogens is 2. The number of unbranched alkanes of at least 4 members (excludes halogenated alkanes) is 1. The Kier molecular flexibility index (Phi) is 6.46. The number of amides is 1. The second kappa shape index (κ2) is 8.57. The lowest BCUT2D eigenvalue weighted by molar-refractivity contribution is -0.118. The minimum Gasteiger partial charge on any atom is -0.277 e. The third kappa shape index (κ3) is 4.48. The van der Waals surface area contributed by atoms with E-state index in [4.69, 9.17) is 0 Å². The van der Waals surface area contributed by atoms with Gasteiger partial charge in [-0.2, -0.15) is 11.8 Å². The van der Waals surface area contributed by atoms with Crippen LogP contribution in [0.4, 0.5) is 5.95 Å². The predicted molar refractivity (Wildman–Crippen MR) is 95.7 cm³/mol. The van der Waals surface area contributed by atoms with Gasteiger partial charge in [0, 0.05) is 6.54 Å². The number of rotatable bonds is 8. The molecule has 0 fully saturated rings. The summed E-state index contributed by atoms with van der Waals surface area (Å²) in [6.45, 7) is 4.46. The van der Waals surface area contributed by atoms with Crippen molar-refractivity contribution in [3.8, 4) is 0 Å². The van der Waals surface area contributed by atoms with Crippen molar-refractivity contribution in [1.82, 2.24) is 15.0 Å². The van der Waals surface area contributed by atoms with Gasteiger partial charge in [0.1, 0.15) is 0 Å². The van der Waals surface area contributed by atoms with Crippen molar-refractivity contribution >= 4 is 34.5 Å². The van der Waals surface area contributed by atoms with Crippen molar-refractivity contribution in [1.29, 1.82) is 0 Å². The van der Waals surface area contributed by atoms with Crippen LogP contribution in [-0.2, 0) is 11.3 Å². The van der Waals surface area contributed by atoms with E-state index in [0.717, 1.165) is 18.6 Å². The van der Waals surface area contributed by atoms with Crippen LogP contribution in [0.15, 0.2) is 29.1 Å². The van der Waals surface area contributed by atoms with Crippen molar-refractivity contribution in [2.45, 2.75) is 33.2 Å². The highest BCUT2D eigenvalue weighted by Crippen LogP contribution is 2.10. The van der Waals surface area contributed by atoms with E-state index in [-0.39, 0.29) is 11.5 Å². The lowest BCUT2D eigenvalue weighted by atomic mass is 10.2. The van der Waals surface area contributed by atoms with E-state index in [1.165, 1.54) is 4.57 Å². The van der Waals surface area contributed by atoms with Gasteiger partial charge in [0.15, 0.2) is 0 Å². The van der Waals surface area contributed by atoms with Gasteiger partial charge in [-0.05, 0) is 31.2 Å². The lowest BCUT2D eigenvalue weighted by Crippen LogP contribution is -2.35. The van der Waals surface area contributed by atoms with Crippen LogP contribution in [-0.4, -0.2) is 27.0 Å². The maximum atomic E-state index is 12.4. The fourth-order valence-electron chi connectivity index (χ4n) is 2.13. The van der Waals surface area contributed by atoms with Crippen molar-refractivity contribution in [3.63, 3.8) is 0 Å². The monoisotopic (exact) mass is 334 g/mol. The predicted octanol–water partition coefficient (Wildman–Crippen LogP) is 2.39. The maximum absolute atomic E-state index is 12.4. The minimum atomic E-state index is -0.129. The molecule has 23 heavy (non-hydrogen) atoms. The van der Waals surface area contributed by atoms with Gasteiger partial charge in [-0.25, -0.2) is 4.98 Å². The fraction of sp³-hybridized carbons (Fsp3) is 0.438.